The molecule has 0 saturated heterocycles. The molecule has 1 amide bonds. The van der Waals surface area contributed by atoms with E-state index in [-0.39, 0.29) is 21.9 Å². The molecule has 2 aromatic rings. The Balaban J connectivity index is 2.17. The first-order valence-corrected chi connectivity index (χ1v) is 9.85. The zero-order valence-corrected chi connectivity index (χ0v) is 14.6. The molecule has 0 saturated carbocycles. The molecule has 24 heavy (non-hydrogen) atoms. The van der Waals surface area contributed by atoms with Crippen LogP contribution in [0.25, 0.3) is 0 Å². The lowest BCUT2D eigenvalue weighted by Crippen LogP contribution is -2.28. The Bertz CT molecular complexity index is 827. The second-order valence-corrected chi connectivity index (χ2v) is 8.59. The summed E-state index contributed by atoms with van der Waals surface area (Å²) in [6.07, 6.45) is 1.24. The van der Waals surface area contributed by atoms with E-state index in [2.05, 4.69) is 5.32 Å². The lowest BCUT2D eigenvalue weighted by atomic mass is 10.0. The highest BCUT2D eigenvalue weighted by atomic mass is 32.2. The van der Waals surface area contributed by atoms with Crippen LogP contribution < -0.4 is 5.32 Å². The van der Waals surface area contributed by atoms with Crippen molar-refractivity contribution in [2.75, 3.05) is 6.26 Å². The van der Waals surface area contributed by atoms with Crippen molar-refractivity contribution >= 4 is 33.1 Å². The molecule has 0 aliphatic carbocycles. The smallest absolute Gasteiger partial charge is 0.303 e. The van der Waals surface area contributed by atoms with E-state index in [1.165, 1.54) is 12.1 Å². The van der Waals surface area contributed by atoms with Crippen molar-refractivity contribution in [2.45, 2.75) is 23.1 Å². The molecule has 1 unspecified atom stereocenters. The van der Waals surface area contributed by atoms with Crippen LogP contribution in [0.4, 0.5) is 0 Å². The number of benzene rings is 1. The zero-order valence-electron chi connectivity index (χ0n) is 12.9. The molecule has 2 rings (SSSR count). The Morgan fingerprint density at radius 2 is 1.83 bits per heavy atom. The van der Waals surface area contributed by atoms with Crippen molar-refractivity contribution in [3.8, 4) is 0 Å². The van der Waals surface area contributed by atoms with Gasteiger partial charge in [0.15, 0.2) is 9.84 Å². The molecule has 0 bridgehead atoms. The number of thiophene rings is 1. The van der Waals surface area contributed by atoms with Gasteiger partial charge in [0.2, 0.25) is 0 Å². The summed E-state index contributed by atoms with van der Waals surface area (Å²) in [5.41, 5.74) is 0.798. The zero-order chi connectivity index (χ0) is 17.7. The van der Waals surface area contributed by atoms with Crippen molar-refractivity contribution in [1.82, 2.24) is 5.32 Å². The first kappa shape index (κ1) is 18.2. The van der Waals surface area contributed by atoms with Gasteiger partial charge in [-0.05, 0) is 24.1 Å². The summed E-state index contributed by atoms with van der Waals surface area (Å²) in [5, 5.41) is 11.7. The Morgan fingerprint density at radius 3 is 2.38 bits per heavy atom. The molecule has 1 heterocycles. The van der Waals surface area contributed by atoms with E-state index in [1.807, 2.05) is 30.3 Å². The number of hydrogen-bond donors (Lipinski definition) is 2. The number of amides is 1. The van der Waals surface area contributed by atoms with Gasteiger partial charge >= 0.3 is 5.97 Å². The molecular formula is C16H17NO5S2. The van der Waals surface area contributed by atoms with E-state index in [1.54, 1.807) is 0 Å². The first-order valence-electron chi connectivity index (χ1n) is 7.15. The van der Waals surface area contributed by atoms with Gasteiger partial charge in [0, 0.05) is 12.7 Å². The van der Waals surface area contributed by atoms with E-state index < -0.39 is 27.8 Å². The summed E-state index contributed by atoms with van der Waals surface area (Å²) in [6, 6.07) is 11.5. The number of hydrogen-bond acceptors (Lipinski definition) is 5. The van der Waals surface area contributed by atoms with Gasteiger partial charge in [0.05, 0.1) is 10.9 Å². The van der Waals surface area contributed by atoms with E-state index in [4.69, 9.17) is 5.11 Å². The quantitative estimate of drug-likeness (QED) is 0.783. The molecule has 0 radical (unpaired) electrons. The molecule has 1 aromatic heterocycles. The minimum Gasteiger partial charge on any atom is -0.481 e. The molecule has 8 heteroatoms. The Morgan fingerprint density at radius 1 is 1.17 bits per heavy atom. The fraction of sp³-hybridized carbons (Fsp3) is 0.250. The number of rotatable bonds is 7. The van der Waals surface area contributed by atoms with Crippen molar-refractivity contribution in [2.24, 2.45) is 0 Å². The molecule has 0 spiro atoms. The van der Waals surface area contributed by atoms with Gasteiger partial charge in [-0.15, -0.1) is 11.3 Å². The van der Waals surface area contributed by atoms with E-state index >= 15 is 0 Å². The van der Waals surface area contributed by atoms with Crippen LogP contribution in [0.1, 0.15) is 34.1 Å². The summed E-state index contributed by atoms with van der Waals surface area (Å²) in [6.45, 7) is 0. The van der Waals surface area contributed by atoms with Crippen LogP contribution in [0.5, 0.6) is 0 Å². The maximum Gasteiger partial charge on any atom is 0.303 e. The summed E-state index contributed by atoms with van der Waals surface area (Å²) in [7, 11) is -3.36. The average Bonchev–Trinajstić information content (AvgIpc) is 3.02. The predicted octanol–water partition coefficient (Wildman–Crippen LogP) is 2.49. The topological polar surface area (TPSA) is 101 Å². The maximum atomic E-state index is 12.4. The van der Waals surface area contributed by atoms with Gasteiger partial charge in [0.25, 0.3) is 5.91 Å². The number of carboxylic acids is 1. The van der Waals surface area contributed by atoms with Crippen LogP contribution in [0.2, 0.25) is 0 Å². The number of nitrogens with one attached hydrogen (secondary N) is 1. The number of aliphatic carboxylic acids is 1. The lowest BCUT2D eigenvalue weighted by molar-refractivity contribution is -0.137. The Kier molecular flexibility index (Phi) is 5.74. The van der Waals surface area contributed by atoms with Crippen LogP contribution in [0.3, 0.4) is 0 Å². The molecule has 1 atom stereocenters. The predicted molar refractivity (Wildman–Crippen MR) is 90.9 cm³/mol. The van der Waals surface area contributed by atoms with Gasteiger partial charge in [0.1, 0.15) is 4.21 Å². The molecule has 6 nitrogen and oxygen atoms in total. The van der Waals surface area contributed by atoms with Gasteiger partial charge in [-0.2, -0.15) is 0 Å². The molecular weight excluding hydrogens is 350 g/mol. The Hall–Kier alpha value is -2.19. The molecule has 1 aromatic carbocycles. The molecule has 2 N–H and O–H groups in total. The van der Waals surface area contributed by atoms with Crippen molar-refractivity contribution in [3.63, 3.8) is 0 Å². The molecule has 0 aliphatic heterocycles. The highest BCUT2D eigenvalue weighted by molar-refractivity contribution is 7.92. The molecule has 128 valence electrons. The van der Waals surface area contributed by atoms with Crippen molar-refractivity contribution < 1.29 is 23.1 Å². The summed E-state index contributed by atoms with van der Waals surface area (Å²) in [5.74, 6) is -1.37. The fourth-order valence-corrected chi connectivity index (χ4v) is 3.98. The highest BCUT2D eigenvalue weighted by Gasteiger charge is 2.20. The monoisotopic (exact) mass is 367 g/mol. The van der Waals surface area contributed by atoms with Crippen LogP contribution in [-0.2, 0) is 14.6 Å². The molecule has 0 fully saturated rings. The average molecular weight is 367 g/mol. The van der Waals surface area contributed by atoms with Gasteiger partial charge < -0.3 is 10.4 Å². The summed E-state index contributed by atoms with van der Waals surface area (Å²) < 4.78 is 23.1. The third-order valence-corrected chi connectivity index (χ3v) is 6.23. The van der Waals surface area contributed by atoms with Crippen LogP contribution in [0.15, 0.2) is 46.7 Å². The number of carboxylic acid groups (broad SMARTS) is 1. The maximum absolute atomic E-state index is 12.4. The number of carbonyl (C=O) groups is 2. The number of carbonyl (C=O) groups excluding carboxylic acids is 1. The van der Waals surface area contributed by atoms with Crippen LogP contribution in [0, 0.1) is 0 Å². The van der Waals surface area contributed by atoms with Crippen molar-refractivity contribution in [1.29, 1.82) is 0 Å². The Labute approximate surface area is 144 Å². The van der Waals surface area contributed by atoms with Gasteiger partial charge in [-0.25, -0.2) is 8.42 Å². The SMILES string of the molecule is CS(=O)(=O)c1ccc(C(=O)NC(CCC(=O)O)c2ccccc2)s1. The largest absolute Gasteiger partial charge is 0.481 e. The van der Waals surface area contributed by atoms with E-state index in [0.717, 1.165) is 23.2 Å². The van der Waals surface area contributed by atoms with Gasteiger partial charge in [-0.1, -0.05) is 30.3 Å². The molecule has 0 aliphatic rings. The third-order valence-electron chi connectivity index (χ3n) is 3.32. The lowest BCUT2D eigenvalue weighted by Gasteiger charge is -2.18. The normalized spacial score (nSPS) is 12.5. The highest BCUT2D eigenvalue weighted by Crippen LogP contribution is 2.24. The van der Waals surface area contributed by atoms with E-state index in [9.17, 15) is 18.0 Å². The summed E-state index contributed by atoms with van der Waals surface area (Å²) >= 11 is 0.893. The minimum absolute atomic E-state index is 0.0845. The minimum atomic E-state index is -3.36. The third kappa shape index (κ3) is 4.90. The second kappa shape index (κ2) is 7.59. The van der Waals surface area contributed by atoms with Crippen LogP contribution >= 0.6 is 11.3 Å². The standard InChI is InChI=1S/C16H17NO5S2/c1-24(21,22)15-10-8-13(23-15)16(20)17-12(7-9-14(18)19)11-5-3-2-4-6-11/h2-6,8,10,12H,7,9H2,1H3,(H,17,20)(H,18,19). The van der Waals surface area contributed by atoms with Crippen LogP contribution in [-0.4, -0.2) is 31.7 Å². The van der Waals surface area contributed by atoms with Gasteiger partial charge in [-0.3, -0.25) is 9.59 Å². The fourth-order valence-electron chi connectivity index (χ4n) is 2.15. The summed E-state index contributed by atoms with van der Waals surface area (Å²) in [4.78, 5) is 23.5. The second-order valence-electron chi connectivity index (χ2n) is 5.26. The van der Waals surface area contributed by atoms with E-state index in [0.29, 0.717) is 0 Å². The first-order chi connectivity index (χ1) is 11.3. The van der Waals surface area contributed by atoms with Crippen molar-refractivity contribution in [3.05, 3.63) is 52.9 Å². The number of sulfone groups is 1.